The first kappa shape index (κ1) is 14.6. The predicted molar refractivity (Wildman–Crippen MR) is 85.1 cm³/mol. The number of hydrogen-bond donors (Lipinski definition) is 2. The van der Waals surface area contributed by atoms with Crippen molar-refractivity contribution in [2.45, 2.75) is 6.92 Å². The number of methoxy groups -OCH3 is 1. The molecule has 0 radical (unpaired) electrons. The zero-order chi connectivity index (χ0) is 14.9. The van der Waals surface area contributed by atoms with E-state index in [9.17, 15) is 0 Å². The van der Waals surface area contributed by atoms with Crippen molar-refractivity contribution in [2.75, 3.05) is 12.4 Å². The fourth-order valence-corrected chi connectivity index (χ4v) is 2.48. The smallest absolute Gasteiger partial charge is 0.138 e. The Morgan fingerprint density at radius 1 is 1.50 bits per heavy atom. The highest BCUT2D eigenvalue weighted by Crippen LogP contribution is 2.30. The van der Waals surface area contributed by atoms with Crippen molar-refractivity contribution in [3.05, 3.63) is 34.5 Å². The molecule has 0 fully saturated rings. The Balaban J connectivity index is 2.40. The molecule has 0 atom stereocenters. The Kier molecular flexibility index (Phi) is 4.15. The average Bonchev–Trinajstić information content (AvgIpc) is 2.64. The molecule has 5 nitrogen and oxygen atoms in total. The summed E-state index contributed by atoms with van der Waals surface area (Å²) in [5, 5.41) is 8.06. The second-order valence-corrected chi connectivity index (χ2v) is 5.12. The standard InChI is InChI=1S/C13H15ClN4OS/c1-7-11(12(15)20)13(18(2)17-7)16-8-4-5-10(19-3)9(14)6-8/h4-6,16H,1-3H3,(H2,15,20). The molecule has 0 unspecified atom stereocenters. The van der Waals surface area contributed by atoms with Gasteiger partial charge < -0.3 is 15.8 Å². The summed E-state index contributed by atoms with van der Waals surface area (Å²) in [6.45, 7) is 1.86. The number of hydrogen-bond acceptors (Lipinski definition) is 4. The molecular formula is C13H15ClN4OS. The minimum absolute atomic E-state index is 0.303. The van der Waals surface area contributed by atoms with Crippen molar-refractivity contribution in [2.24, 2.45) is 12.8 Å². The fraction of sp³-hybridized carbons (Fsp3) is 0.231. The molecule has 20 heavy (non-hydrogen) atoms. The highest BCUT2D eigenvalue weighted by Gasteiger charge is 2.16. The van der Waals surface area contributed by atoms with Crippen LogP contribution >= 0.6 is 23.8 Å². The van der Waals surface area contributed by atoms with E-state index in [1.54, 1.807) is 23.9 Å². The number of aromatic nitrogens is 2. The van der Waals surface area contributed by atoms with E-state index >= 15 is 0 Å². The first-order chi connectivity index (χ1) is 9.43. The van der Waals surface area contributed by atoms with Crippen LogP contribution < -0.4 is 15.8 Å². The first-order valence-electron chi connectivity index (χ1n) is 5.88. The van der Waals surface area contributed by atoms with E-state index < -0.39 is 0 Å². The van der Waals surface area contributed by atoms with Crippen LogP contribution in [0.4, 0.5) is 11.5 Å². The number of rotatable bonds is 4. The average molecular weight is 311 g/mol. The maximum atomic E-state index is 6.11. The van der Waals surface area contributed by atoms with Crippen LogP contribution in [0.1, 0.15) is 11.3 Å². The van der Waals surface area contributed by atoms with Gasteiger partial charge >= 0.3 is 0 Å². The number of aryl methyl sites for hydroxylation is 2. The van der Waals surface area contributed by atoms with Crippen LogP contribution in [-0.4, -0.2) is 21.9 Å². The Morgan fingerprint density at radius 2 is 2.20 bits per heavy atom. The van der Waals surface area contributed by atoms with E-state index in [1.807, 2.05) is 20.0 Å². The van der Waals surface area contributed by atoms with Gasteiger partial charge in [-0.15, -0.1) is 0 Å². The summed E-state index contributed by atoms with van der Waals surface area (Å²) < 4.78 is 6.82. The van der Waals surface area contributed by atoms with Crippen LogP contribution in [0.2, 0.25) is 5.02 Å². The predicted octanol–water partition coefficient (Wildman–Crippen LogP) is 2.77. The van der Waals surface area contributed by atoms with Crippen molar-refractivity contribution in [3.63, 3.8) is 0 Å². The van der Waals surface area contributed by atoms with Gasteiger partial charge in [-0.05, 0) is 25.1 Å². The molecule has 0 saturated heterocycles. The molecule has 1 aromatic carbocycles. The molecule has 0 amide bonds. The second kappa shape index (κ2) is 5.68. The third-order valence-electron chi connectivity index (χ3n) is 2.88. The van der Waals surface area contributed by atoms with E-state index in [2.05, 4.69) is 10.4 Å². The zero-order valence-electron chi connectivity index (χ0n) is 11.4. The lowest BCUT2D eigenvalue weighted by molar-refractivity contribution is 0.415. The third-order valence-corrected chi connectivity index (χ3v) is 3.38. The van der Waals surface area contributed by atoms with E-state index in [1.165, 1.54) is 0 Å². The number of ether oxygens (including phenoxy) is 1. The van der Waals surface area contributed by atoms with Crippen molar-refractivity contribution < 1.29 is 4.74 Å². The molecule has 7 heteroatoms. The summed E-state index contributed by atoms with van der Waals surface area (Å²) in [6.07, 6.45) is 0. The molecular weight excluding hydrogens is 296 g/mol. The highest BCUT2D eigenvalue weighted by atomic mass is 35.5. The molecule has 1 aromatic heterocycles. The Hall–Kier alpha value is -1.79. The largest absolute Gasteiger partial charge is 0.495 e. The molecule has 0 spiro atoms. The summed E-state index contributed by atoms with van der Waals surface area (Å²) in [7, 11) is 3.39. The summed E-state index contributed by atoms with van der Waals surface area (Å²) in [5.74, 6) is 1.35. The monoisotopic (exact) mass is 310 g/mol. The van der Waals surface area contributed by atoms with Crippen LogP contribution in [0.15, 0.2) is 18.2 Å². The maximum Gasteiger partial charge on any atom is 0.138 e. The summed E-state index contributed by atoms with van der Waals surface area (Å²) >= 11 is 11.2. The van der Waals surface area contributed by atoms with E-state index in [-0.39, 0.29) is 0 Å². The van der Waals surface area contributed by atoms with Crippen LogP contribution in [0.3, 0.4) is 0 Å². The van der Waals surface area contributed by atoms with Gasteiger partial charge in [-0.2, -0.15) is 5.10 Å². The molecule has 1 heterocycles. The minimum Gasteiger partial charge on any atom is -0.495 e. The number of halogens is 1. The van der Waals surface area contributed by atoms with Gasteiger partial charge in [-0.25, -0.2) is 0 Å². The molecule has 3 N–H and O–H groups in total. The molecule has 0 aliphatic carbocycles. The number of nitrogens with zero attached hydrogens (tertiary/aromatic N) is 2. The lowest BCUT2D eigenvalue weighted by Crippen LogP contribution is -2.13. The lowest BCUT2D eigenvalue weighted by Gasteiger charge is -2.11. The zero-order valence-corrected chi connectivity index (χ0v) is 13.0. The Bertz CT molecular complexity index is 669. The minimum atomic E-state index is 0.303. The number of thiocarbonyl (C=S) groups is 1. The van der Waals surface area contributed by atoms with Crippen LogP contribution in [0.5, 0.6) is 5.75 Å². The summed E-state index contributed by atoms with van der Waals surface area (Å²) in [5.41, 5.74) is 8.06. The van der Waals surface area contributed by atoms with Crippen molar-refractivity contribution in [1.82, 2.24) is 9.78 Å². The van der Waals surface area contributed by atoms with Gasteiger partial charge in [0.25, 0.3) is 0 Å². The fourth-order valence-electron chi connectivity index (χ4n) is 1.98. The van der Waals surface area contributed by atoms with Crippen LogP contribution in [0, 0.1) is 6.92 Å². The summed E-state index contributed by atoms with van der Waals surface area (Å²) in [6, 6.07) is 5.41. The van der Waals surface area contributed by atoms with E-state index in [0.717, 1.165) is 22.8 Å². The van der Waals surface area contributed by atoms with Crippen LogP contribution in [-0.2, 0) is 7.05 Å². The van der Waals surface area contributed by atoms with Gasteiger partial charge in [0, 0.05) is 12.7 Å². The second-order valence-electron chi connectivity index (χ2n) is 4.27. The SMILES string of the molecule is COc1ccc(Nc2c(C(N)=S)c(C)nn2C)cc1Cl. The number of anilines is 2. The Labute approximate surface area is 127 Å². The van der Waals surface area contributed by atoms with Gasteiger partial charge in [0.05, 0.1) is 23.4 Å². The quantitative estimate of drug-likeness (QED) is 0.850. The number of benzene rings is 1. The topological polar surface area (TPSA) is 65.1 Å². The first-order valence-corrected chi connectivity index (χ1v) is 6.66. The normalized spacial score (nSPS) is 10.4. The maximum absolute atomic E-state index is 6.11. The van der Waals surface area contributed by atoms with Gasteiger partial charge in [0.15, 0.2) is 0 Å². The molecule has 0 aliphatic heterocycles. The molecule has 0 saturated carbocycles. The summed E-state index contributed by atoms with van der Waals surface area (Å²) in [4.78, 5) is 0.303. The molecule has 2 rings (SSSR count). The molecule has 0 aliphatic rings. The van der Waals surface area contributed by atoms with Crippen molar-refractivity contribution in [1.29, 1.82) is 0 Å². The van der Waals surface area contributed by atoms with Crippen molar-refractivity contribution in [3.8, 4) is 5.75 Å². The van der Waals surface area contributed by atoms with Gasteiger partial charge in [0.1, 0.15) is 16.6 Å². The van der Waals surface area contributed by atoms with Crippen LogP contribution in [0.25, 0.3) is 0 Å². The lowest BCUT2D eigenvalue weighted by atomic mass is 10.2. The Morgan fingerprint density at radius 3 is 2.75 bits per heavy atom. The molecule has 0 bridgehead atoms. The van der Waals surface area contributed by atoms with E-state index in [0.29, 0.717) is 15.8 Å². The number of nitrogens with one attached hydrogen (secondary N) is 1. The highest BCUT2D eigenvalue weighted by molar-refractivity contribution is 7.80. The molecule has 2 aromatic rings. The van der Waals surface area contributed by atoms with Crippen molar-refractivity contribution >= 4 is 40.3 Å². The third kappa shape index (κ3) is 2.71. The number of nitrogens with two attached hydrogens (primary N) is 1. The van der Waals surface area contributed by atoms with Gasteiger partial charge in [0.2, 0.25) is 0 Å². The van der Waals surface area contributed by atoms with Gasteiger partial charge in [-0.1, -0.05) is 23.8 Å². The molecule has 106 valence electrons. The van der Waals surface area contributed by atoms with E-state index in [4.69, 9.17) is 34.3 Å². The van der Waals surface area contributed by atoms with Gasteiger partial charge in [-0.3, -0.25) is 4.68 Å².